The van der Waals surface area contributed by atoms with Crippen molar-refractivity contribution in [3.8, 4) is 11.4 Å². The number of halogens is 4. The molecular formula is C23H16Cl2F2N6. The summed E-state index contributed by atoms with van der Waals surface area (Å²) in [7, 11) is 0. The van der Waals surface area contributed by atoms with Crippen LogP contribution >= 0.6 is 23.2 Å². The molecule has 0 saturated carbocycles. The van der Waals surface area contributed by atoms with Crippen molar-refractivity contribution in [1.29, 1.82) is 0 Å². The van der Waals surface area contributed by atoms with Crippen molar-refractivity contribution in [2.45, 2.75) is 18.9 Å². The number of aromatic amines is 1. The van der Waals surface area contributed by atoms with E-state index in [0.717, 1.165) is 18.0 Å². The van der Waals surface area contributed by atoms with Gasteiger partial charge >= 0.3 is 0 Å². The first-order valence-electron chi connectivity index (χ1n) is 10.4. The predicted octanol–water partition coefficient (Wildman–Crippen LogP) is 6.20. The average molecular weight is 485 g/mol. The van der Waals surface area contributed by atoms with Crippen molar-refractivity contribution >= 4 is 45.7 Å². The zero-order chi connectivity index (χ0) is 22.7. The zero-order valence-corrected chi connectivity index (χ0v) is 18.6. The number of nitrogens with zero attached hydrogens (tertiary/aromatic N) is 5. The number of H-pyrrole nitrogens is 1. The van der Waals surface area contributed by atoms with Gasteiger partial charge in [0.2, 0.25) is 0 Å². The van der Waals surface area contributed by atoms with Crippen LogP contribution in [-0.2, 0) is 0 Å². The van der Waals surface area contributed by atoms with Crippen molar-refractivity contribution in [1.82, 2.24) is 24.6 Å². The molecule has 1 aliphatic rings. The van der Waals surface area contributed by atoms with Crippen LogP contribution in [0.2, 0.25) is 10.0 Å². The lowest BCUT2D eigenvalue weighted by atomic mass is 10.0. The maximum atomic E-state index is 14.5. The first-order valence-corrected chi connectivity index (χ1v) is 11.1. The van der Waals surface area contributed by atoms with Gasteiger partial charge in [-0.25, -0.2) is 23.3 Å². The molecule has 0 spiro atoms. The Balaban J connectivity index is 1.43. The predicted molar refractivity (Wildman–Crippen MR) is 124 cm³/mol. The number of fused-ring (bicyclic) bond motifs is 2. The summed E-state index contributed by atoms with van der Waals surface area (Å²) in [6.07, 6.45) is 5.05. The highest BCUT2D eigenvalue weighted by atomic mass is 35.5. The van der Waals surface area contributed by atoms with Crippen molar-refractivity contribution in [2.75, 3.05) is 11.4 Å². The Labute approximate surface area is 196 Å². The second-order valence-electron chi connectivity index (χ2n) is 8.00. The Morgan fingerprint density at radius 3 is 2.76 bits per heavy atom. The van der Waals surface area contributed by atoms with Gasteiger partial charge in [-0.1, -0.05) is 23.2 Å². The van der Waals surface area contributed by atoms with E-state index in [2.05, 4.69) is 15.1 Å². The molecule has 6 nitrogen and oxygen atoms in total. The van der Waals surface area contributed by atoms with Crippen molar-refractivity contribution < 1.29 is 8.78 Å². The molecule has 1 fully saturated rings. The fourth-order valence-electron chi connectivity index (χ4n) is 4.45. The summed E-state index contributed by atoms with van der Waals surface area (Å²) in [5, 5.41) is 5.24. The van der Waals surface area contributed by atoms with Gasteiger partial charge in [-0.3, -0.25) is 0 Å². The topological polar surface area (TPSA) is 62.1 Å². The van der Waals surface area contributed by atoms with Crippen LogP contribution in [0.25, 0.3) is 28.1 Å². The Kier molecular flexibility index (Phi) is 4.74. The molecule has 166 valence electrons. The zero-order valence-electron chi connectivity index (χ0n) is 17.1. The number of imidazole rings is 1. The fraction of sp³-hybridized carbons (Fsp3) is 0.174. The summed E-state index contributed by atoms with van der Waals surface area (Å²) < 4.78 is 30.0. The van der Waals surface area contributed by atoms with Gasteiger partial charge in [0.1, 0.15) is 23.3 Å². The Hall–Kier alpha value is -3.23. The van der Waals surface area contributed by atoms with E-state index in [1.807, 2.05) is 11.0 Å². The number of rotatable bonds is 3. The molecule has 4 heterocycles. The first-order chi connectivity index (χ1) is 16.0. The van der Waals surface area contributed by atoms with Gasteiger partial charge in [-0.2, -0.15) is 5.10 Å². The Morgan fingerprint density at radius 1 is 1.03 bits per heavy atom. The fourth-order valence-corrected chi connectivity index (χ4v) is 4.77. The minimum atomic E-state index is -0.454. The molecule has 1 saturated heterocycles. The molecule has 1 aliphatic heterocycles. The van der Waals surface area contributed by atoms with Gasteiger partial charge in [-0.15, -0.1) is 0 Å². The van der Waals surface area contributed by atoms with Gasteiger partial charge in [0.05, 0.1) is 38.9 Å². The van der Waals surface area contributed by atoms with Crippen LogP contribution in [0.1, 0.15) is 24.4 Å². The molecule has 0 bridgehead atoms. The molecule has 0 aliphatic carbocycles. The van der Waals surface area contributed by atoms with E-state index in [1.165, 1.54) is 12.1 Å². The van der Waals surface area contributed by atoms with Crippen molar-refractivity contribution in [3.63, 3.8) is 0 Å². The van der Waals surface area contributed by atoms with Crippen LogP contribution in [0.15, 0.2) is 48.8 Å². The molecule has 0 radical (unpaired) electrons. The Bertz CT molecular complexity index is 1490. The monoisotopic (exact) mass is 484 g/mol. The molecule has 5 aromatic rings. The number of hydrogen-bond acceptors (Lipinski definition) is 4. The lowest BCUT2D eigenvalue weighted by Crippen LogP contribution is -2.24. The van der Waals surface area contributed by atoms with Gasteiger partial charge in [-0.05, 0) is 49.2 Å². The normalized spacial score (nSPS) is 16.4. The smallest absolute Gasteiger partial charge is 0.168 e. The van der Waals surface area contributed by atoms with Gasteiger partial charge in [0.25, 0.3) is 0 Å². The number of hydrogen-bond donors (Lipinski definition) is 1. The minimum Gasteiger partial charge on any atom is -0.349 e. The molecule has 2 aromatic carbocycles. The van der Waals surface area contributed by atoms with E-state index in [9.17, 15) is 8.78 Å². The third-order valence-corrected chi connectivity index (χ3v) is 6.72. The van der Waals surface area contributed by atoms with Crippen LogP contribution in [-0.4, -0.2) is 31.1 Å². The van der Waals surface area contributed by atoms with Crippen LogP contribution in [0.3, 0.4) is 0 Å². The molecule has 33 heavy (non-hydrogen) atoms. The summed E-state index contributed by atoms with van der Waals surface area (Å²) in [6, 6.07) is 8.54. The molecule has 6 rings (SSSR count). The lowest BCUT2D eigenvalue weighted by molar-refractivity contribution is 0.560. The van der Waals surface area contributed by atoms with Gasteiger partial charge in [0, 0.05) is 18.3 Å². The van der Waals surface area contributed by atoms with E-state index in [0.29, 0.717) is 56.9 Å². The number of anilines is 1. The maximum Gasteiger partial charge on any atom is 0.168 e. The summed E-state index contributed by atoms with van der Waals surface area (Å²) in [4.78, 5) is 14.7. The van der Waals surface area contributed by atoms with E-state index >= 15 is 0 Å². The van der Waals surface area contributed by atoms with E-state index in [4.69, 9.17) is 28.2 Å². The highest BCUT2D eigenvalue weighted by molar-refractivity contribution is 6.42. The number of benzene rings is 2. The minimum absolute atomic E-state index is 0.294. The number of aromatic nitrogens is 5. The Morgan fingerprint density at radius 2 is 1.88 bits per heavy atom. The highest BCUT2D eigenvalue weighted by Crippen LogP contribution is 2.37. The highest BCUT2D eigenvalue weighted by Gasteiger charge is 2.30. The molecule has 0 unspecified atom stereocenters. The van der Waals surface area contributed by atoms with Crippen LogP contribution < -0.4 is 4.90 Å². The SMILES string of the molecule is Fc1ccc(F)c([C@H]2CCCN2c2ccn3ncc(-c4nc5cc(Cl)c(Cl)cc5[nH]4)c3n2)c1. The third-order valence-electron chi connectivity index (χ3n) is 6.00. The number of nitrogens with one attached hydrogen (secondary N) is 1. The average Bonchev–Trinajstić information content (AvgIpc) is 3.53. The van der Waals surface area contributed by atoms with E-state index in [-0.39, 0.29) is 6.04 Å². The summed E-state index contributed by atoms with van der Waals surface area (Å²) in [5.74, 6) is 0.374. The molecule has 10 heteroatoms. The lowest BCUT2D eigenvalue weighted by Gasteiger charge is -2.26. The first kappa shape index (κ1) is 20.4. The second-order valence-corrected chi connectivity index (χ2v) is 8.81. The van der Waals surface area contributed by atoms with Crippen molar-refractivity contribution in [2.24, 2.45) is 0 Å². The van der Waals surface area contributed by atoms with Gasteiger partial charge < -0.3 is 9.88 Å². The summed E-state index contributed by atoms with van der Waals surface area (Å²) in [6.45, 7) is 0.689. The standard InChI is InChI=1S/C23H16Cl2F2N6/c24-15-9-18-19(10-16(15)25)30-22(29-18)14-11-28-33-7-5-21(31-23(14)33)32-6-1-2-20(32)13-8-12(26)3-4-17(13)27/h3-5,7-11,20H,1-2,6H2,(H,29,30)/t20-/m1/s1. The molecule has 3 aromatic heterocycles. The van der Waals surface area contributed by atoms with Crippen LogP contribution in [0, 0.1) is 11.6 Å². The van der Waals surface area contributed by atoms with Crippen LogP contribution in [0.4, 0.5) is 14.6 Å². The molecular weight excluding hydrogens is 469 g/mol. The molecule has 1 atom stereocenters. The van der Waals surface area contributed by atoms with Gasteiger partial charge in [0.15, 0.2) is 5.65 Å². The summed E-state index contributed by atoms with van der Waals surface area (Å²) >= 11 is 12.3. The van der Waals surface area contributed by atoms with E-state index < -0.39 is 11.6 Å². The van der Waals surface area contributed by atoms with E-state index in [1.54, 1.807) is 29.0 Å². The largest absolute Gasteiger partial charge is 0.349 e. The second kappa shape index (κ2) is 7.67. The molecule has 1 N–H and O–H groups in total. The third kappa shape index (κ3) is 3.41. The summed E-state index contributed by atoms with van der Waals surface area (Å²) in [5.41, 5.74) is 3.06. The van der Waals surface area contributed by atoms with Crippen LogP contribution in [0.5, 0.6) is 0 Å². The van der Waals surface area contributed by atoms with Crippen molar-refractivity contribution in [3.05, 3.63) is 76.0 Å². The molecule has 0 amide bonds. The maximum absolute atomic E-state index is 14.5. The quantitative estimate of drug-likeness (QED) is 0.331.